The summed E-state index contributed by atoms with van der Waals surface area (Å²) in [6, 6.07) is 20.4. The second kappa shape index (κ2) is 9.51. The third kappa shape index (κ3) is 4.52. The Kier molecular flexibility index (Phi) is 6.53. The summed E-state index contributed by atoms with van der Waals surface area (Å²) in [5, 5.41) is 7.11. The number of furan rings is 1. The lowest BCUT2D eigenvalue weighted by Crippen LogP contribution is -2.20. The van der Waals surface area contributed by atoms with Crippen LogP contribution in [0, 0.1) is 6.92 Å². The van der Waals surface area contributed by atoms with Crippen LogP contribution in [0.2, 0.25) is 5.02 Å². The van der Waals surface area contributed by atoms with Crippen molar-refractivity contribution in [1.82, 2.24) is 5.32 Å². The predicted octanol–water partition coefficient (Wildman–Crippen LogP) is 6.30. The molecule has 0 aliphatic heterocycles. The lowest BCUT2D eigenvalue weighted by molar-refractivity contribution is 0.0959. The first-order valence-corrected chi connectivity index (χ1v) is 11.4. The van der Waals surface area contributed by atoms with E-state index in [2.05, 4.69) is 10.6 Å². The first kappa shape index (κ1) is 22.0. The Morgan fingerprint density at radius 2 is 1.72 bits per heavy atom. The van der Waals surface area contributed by atoms with E-state index in [-0.39, 0.29) is 17.6 Å². The number of thioether (sulfide) groups is 1. The number of halogens is 1. The van der Waals surface area contributed by atoms with Gasteiger partial charge in [-0.3, -0.25) is 9.59 Å². The number of nitrogens with one attached hydrogen (secondary N) is 2. The molecule has 4 rings (SSSR count). The molecule has 3 aromatic carbocycles. The highest BCUT2D eigenvalue weighted by molar-refractivity contribution is 7.98. The third-order valence-corrected chi connectivity index (χ3v) is 6.45. The number of carbonyl (C=O) groups is 2. The third-order valence-electron chi connectivity index (χ3n) is 5.16. The molecule has 0 saturated heterocycles. The van der Waals surface area contributed by atoms with Crippen LogP contribution in [0.25, 0.3) is 11.0 Å². The number of anilines is 1. The van der Waals surface area contributed by atoms with Crippen molar-refractivity contribution in [3.8, 4) is 0 Å². The number of hydrogen-bond donors (Lipinski definition) is 2. The van der Waals surface area contributed by atoms with E-state index in [1.54, 1.807) is 43.9 Å². The molecule has 0 bridgehead atoms. The molecular formula is C25H21ClN2O3S. The highest BCUT2D eigenvalue weighted by Crippen LogP contribution is 2.33. The molecule has 4 aromatic rings. The molecule has 32 heavy (non-hydrogen) atoms. The van der Waals surface area contributed by atoms with Gasteiger partial charge in [0.25, 0.3) is 11.8 Å². The molecule has 0 saturated carbocycles. The lowest BCUT2D eigenvalue weighted by Gasteiger charge is -2.11. The van der Waals surface area contributed by atoms with Crippen LogP contribution in [0.5, 0.6) is 0 Å². The minimum absolute atomic E-state index is 0.206. The minimum atomic E-state index is -0.356. The van der Waals surface area contributed by atoms with E-state index in [4.69, 9.17) is 16.0 Å². The zero-order valence-electron chi connectivity index (χ0n) is 17.6. The summed E-state index contributed by atoms with van der Waals surface area (Å²) in [5.41, 5.74) is 3.23. The van der Waals surface area contributed by atoms with E-state index in [1.807, 2.05) is 48.5 Å². The summed E-state index contributed by atoms with van der Waals surface area (Å²) >= 11 is 7.58. The Labute approximate surface area is 195 Å². The molecule has 7 heteroatoms. The van der Waals surface area contributed by atoms with E-state index in [1.165, 1.54) is 0 Å². The predicted molar refractivity (Wildman–Crippen MR) is 130 cm³/mol. The molecule has 0 atom stereocenters. The van der Waals surface area contributed by atoms with Crippen LogP contribution in [0.1, 0.15) is 32.0 Å². The molecule has 0 unspecified atom stereocenters. The molecular weight excluding hydrogens is 444 g/mol. The second-order valence-corrected chi connectivity index (χ2v) is 8.65. The van der Waals surface area contributed by atoms with Crippen LogP contribution in [0.4, 0.5) is 5.69 Å². The average molecular weight is 465 g/mol. The van der Waals surface area contributed by atoms with Gasteiger partial charge in [0.1, 0.15) is 5.58 Å². The molecule has 1 heterocycles. The fourth-order valence-corrected chi connectivity index (χ4v) is 4.49. The topological polar surface area (TPSA) is 71.3 Å². The molecule has 2 N–H and O–H groups in total. The van der Waals surface area contributed by atoms with Gasteiger partial charge in [-0.2, -0.15) is 0 Å². The summed E-state index contributed by atoms with van der Waals surface area (Å²) in [4.78, 5) is 26.4. The Hall–Kier alpha value is -3.22. The number of fused-ring (bicyclic) bond motifs is 1. The maximum atomic E-state index is 13.2. The number of amides is 2. The number of rotatable bonds is 6. The van der Waals surface area contributed by atoms with Crippen LogP contribution < -0.4 is 10.6 Å². The normalized spacial score (nSPS) is 10.8. The minimum Gasteiger partial charge on any atom is -0.451 e. The summed E-state index contributed by atoms with van der Waals surface area (Å²) in [7, 11) is 1.58. The summed E-state index contributed by atoms with van der Waals surface area (Å²) in [6.07, 6.45) is 0. The van der Waals surface area contributed by atoms with Crippen molar-refractivity contribution in [2.24, 2.45) is 0 Å². The van der Waals surface area contributed by atoms with Crippen LogP contribution in [-0.2, 0) is 5.75 Å². The lowest BCUT2D eigenvalue weighted by atomic mass is 10.1. The van der Waals surface area contributed by atoms with Gasteiger partial charge in [0.15, 0.2) is 5.76 Å². The van der Waals surface area contributed by atoms with Crippen molar-refractivity contribution in [1.29, 1.82) is 0 Å². The van der Waals surface area contributed by atoms with Gasteiger partial charge in [-0.1, -0.05) is 35.9 Å². The molecule has 0 aliphatic rings. The number of para-hydroxylation sites is 1. The van der Waals surface area contributed by atoms with Gasteiger partial charge in [0.05, 0.1) is 0 Å². The standard InChI is InChI=1S/C25H21ClN2O3S/c1-15-18(24(29)27-2)7-5-8-21(15)28-25(30)23-20(19-6-3-4-9-22(19)31-23)14-32-17-12-10-16(26)11-13-17/h3-13H,14H2,1-2H3,(H,27,29)(H,28,30). The Morgan fingerprint density at radius 1 is 0.969 bits per heavy atom. The van der Waals surface area contributed by atoms with Crippen LogP contribution in [0.3, 0.4) is 0 Å². The summed E-state index contributed by atoms with van der Waals surface area (Å²) in [6.45, 7) is 1.80. The quantitative estimate of drug-likeness (QED) is 0.328. The SMILES string of the molecule is CNC(=O)c1cccc(NC(=O)c2oc3ccccc3c2CSc2ccc(Cl)cc2)c1C. The molecule has 1 aromatic heterocycles. The largest absolute Gasteiger partial charge is 0.451 e. The maximum absolute atomic E-state index is 13.2. The van der Waals surface area contributed by atoms with Crippen molar-refractivity contribution in [3.05, 3.63) is 94.2 Å². The van der Waals surface area contributed by atoms with Gasteiger partial charge in [-0.05, 0) is 55.0 Å². The zero-order valence-corrected chi connectivity index (χ0v) is 19.1. The highest BCUT2D eigenvalue weighted by Gasteiger charge is 2.22. The maximum Gasteiger partial charge on any atom is 0.291 e. The van der Waals surface area contributed by atoms with Gasteiger partial charge in [0, 0.05) is 44.9 Å². The smallest absolute Gasteiger partial charge is 0.291 e. The van der Waals surface area contributed by atoms with Gasteiger partial charge >= 0.3 is 0 Å². The summed E-state index contributed by atoms with van der Waals surface area (Å²) in [5.74, 6) is 0.253. The second-order valence-electron chi connectivity index (χ2n) is 7.16. The Balaban J connectivity index is 1.65. The molecule has 0 spiro atoms. The van der Waals surface area contributed by atoms with E-state index in [9.17, 15) is 9.59 Å². The van der Waals surface area contributed by atoms with Crippen LogP contribution in [0.15, 0.2) is 76.0 Å². The average Bonchev–Trinajstić information content (AvgIpc) is 3.18. The number of carbonyl (C=O) groups excluding carboxylic acids is 2. The van der Waals surface area contributed by atoms with Crippen molar-refractivity contribution < 1.29 is 14.0 Å². The molecule has 0 aliphatic carbocycles. The highest BCUT2D eigenvalue weighted by atomic mass is 35.5. The molecule has 5 nitrogen and oxygen atoms in total. The van der Waals surface area contributed by atoms with E-state index in [0.29, 0.717) is 33.2 Å². The first-order chi connectivity index (χ1) is 15.5. The van der Waals surface area contributed by atoms with Gasteiger partial charge in [-0.15, -0.1) is 11.8 Å². The van der Waals surface area contributed by atoms with Crippen LogP contribution in [-0.4, -0.2) is 18.9 Å². The van der Waals surface area contributed by atoms with Gasteiger partial charge < -0.3 is 15.1 Å². The van der Waals surface area contributed by atoms with Gasteiger partial charge in [0.2, 0.25) is 0 Å². The van der Waals surface area contributed by atoms with E-state index in [0.717, 1.165) is 15.8 Å². The Morgan fingerprint density at radius 3 is 2.47 bits per heavy atom. The molecule has 0 radical (unpaired) electrons. The Bertz CT molecular complexity index is 1300. The van der Waals surface area contributed by atoms with Crippen molar-refractivity contribution >= 4 is 51.8 Å². The summed E-state index contributed by atoms with van der Waals surface area (Å²) < 4.78 is 5.95. The fourth-order valence-electron chi connectivity index (χ4n) is 3.44. The van der Waals surface area contributed by atoms with Gasteiger partial charge in [-0.25, -0.2) is 0 Å². The molecule has 2 amide bonds. The van der Waals surface area contributed by atoms with Crippen molar-refractivity contribution in [2.45, 2.75) is 17.6 Å². The monoisotopic (exact) mass is 464 g/mol. The van der Waals surface area contributed by atoms with E-state index >= 15 is 0 Å². The van der Waals surface area contributed by atoms with Crippen molar-refractivity contribution in [2.75, 3.05) is 12.4 Å². The zero-order chi connectivity index (χ0) is 22.7. The fraction of sp³-hybridized carbons (Fsp3) is 0.120. The first-order valence-electron chi connectivity index (χ1n) is 9.99. The van der Waals surface area contributed by atoms with E-state index < -0.39 is 0 Å². The molecule has 162 valence electrons. The van der Waals surface area contributed by atoms with Crippen molar-refractivity contribution in [3.63, 3.8) is 0 Å². The number of benzene rings is 3. The number of hydrogen-bond acceptors (Lipinski definition) is 4. The molecule has 0 fully saturated rings. The van der Waals surface area contributed by atoms with Crippen LogP contribution >= 0.6 is 23.4 Å².